The molecule has 4 rings (SSSR count). The van der Waals surface area contributed by atoms with Crippen molar-refractivity contribution in [3.63, 3.8) is 0 Å². The predicted octanol–water partition coefficient (Wildman–Crippen LogP) is 4.04. The van der Waals surface area contributed by atoms with Crippen molar-refractivity contribution in [2.75, 3.05) is 0 Å². The van der Waals surface area contributed by atoms with Gasteiger partial charge in [-0.25, -0.2) is 27.8 Å². The van der Waals surface area contributed by atoms with Gasteiger partial charge in [0.05, 0.1) is 29.0 Å². The van der Waals surface area contributed by atoms with Crippen LogP contribution in [-0.4, -0.2) is 34.2 Å². The first-order chi connectivity index (χ1) is 15.3. The summed E-state index contributed by atoms with van der Waals surface area (Å²) in [6, 6.07) is 9.66. The van der Waals surface area contributed by atoms with Gasteiger partial charge in [0.1, 0.15) is 12.0 Å². The summed E-state index contributed by atoms with van der Waals surface area (Å²) in [5.41, 5.74) is 5.48. The van der Waals surface area contributed by atoms with Crippen LogP contribution in [-0.2, 0) is 16.4 Å². The Morgan fingerprint density at radius 3 is 2.41 bits per heavy atom. The van der Waals surface area contributed by atoms with Gasteiger partial charge < -0.3 is 0 Å². The first kappa shape index (κ1) is 22.1. The van der Waals surface area contributed by atoms with Crippen molar-refractivity contribution in [2.24, 2.45) is 0 Å². The number of nitrogens with one attached hydrogen (secondary N) is 1. The first-order valence-electron chi connectivity index (χ1n) is 10.6. The van der Waals surface area contributed by atoms with Crippen LogP contribution in [0.15, 0.2) is 60.1 Å². The molecule has 0 aliphatic heterocycles. The molecule has 1 N–H and O–H groups in total. The Bertz CT molecular complexity index is 1340. The van der Waals surface area contributed by atoms with E-state index < -0.39 is 10.0 Å². The van der Waals surface area contributed by atoms with E-state index in [9.17, 15) is 8.42 Å². The maximum atomic E-state index is 13.0. The number of hydrogen-bond donors (Lipinski definition) is 1. The number of rotatable bonds is 7. The highest BCUT2D eigenvalue weighted by atomic mass is 32.2. The van der Waals surface area contributed by atoms with E-state index in [1.165, 1.54) is 6.33 Å². The summed E-state index contributed by atoms with van der Waals surface area (Å²) in [6.07, 6.45) is 8.16. The minimum absolute atomic E-state index is 0.215. The normalized spacial score (nSPS) is 12.9. The highest BCUT2D eigenvalue weighted by molar-refractivity contribution is 7.89. The van der Waals surface area contributed by atoms with Gasteiger partial charge in [-0.05, 0) is 63.3 Å². The quantitative estimate of drug-likeness (QED) is 0.460. The zero-order valence-corrected chi connectivity index (χ0v) is 19.5. The van der Waals surface area contributed by atoms with E-state index in [4.69, 9.17) is 0 Å². The molecule has 0 aliphatic carbocycles. The van der Waals surface area contributed by atoms with Gasteiger partial charge in [0.2, 0.25) is 10.0 Å². The minimum atomic E-state index is -3.60. The second-order valence-electron chi connectivity index (χ2n) is 8.29. The minimum Gasteiger partial charge on any atom is -0.243 e. The van der Waals surface area contributed by atoms with Crippen molar-refractivity contribution >= 4 is 20.9 Å². The largest absolute Gasteiger partial charge is 0.243 e. The molecular weight excluding hydrogens is 422 g/mol. The van der Waals surface area contributed by atoms with Gasteiger partial charge in [0.15, 0.2) is 0 Å². The van der Waals surface area contributed by atoms with Crippen LogP contribution < -0.4 is 4.72 Å². The van der Waals surface area contributed by atoms with Gasteiger partial charge in [0, 0.05) is 11.4 Å². The second kappa shape index (κ2) is 8.80. The van der Waals surface area contributed by atoms with Crippen molar-refractivity contribution in [1.29, 1.82) is 0 Å². The molecule has 0 amide bonds. The zero-order valence-electron chi connectivity index (χ0n) is 18.7. The van der Waals surface area contributed by atoms with Crippen LogP contribution in [0, 0.1) is 20.8 Å². The fourth-order valence-corrected chi connectivity index (χ4v) is 6.01. The van der Waals surface area contributed by atoms with Crippen LogP contribution in [0.3, 0.4) is 0 Å². The fraction of sp³-hybridized carbons (Fsp3) is 0.292. The second-order valence-corrected chi connectivity index (χ2v) is 9.94. The molecule has 2 aromatic heterocycles. The Kier molecular flexibility index (Phi) is 6.08. The SMILES string of the molecule is Cc1cc(C)c(S(=O)(=O)N[C@@H](C)CCc2cccc3c2cnn3-c2cncnc2)c(C)c1. The van der Waals surface area contributed by atoms with E-state index in [0.29, 0.717) is 11.3 Å². The van der Waals surface area contributed by atoms with E-state index in [0.717, 1.165) is 45.3 Å². The molecule has 0 saturated carbocycles. The molecule has 2 heterocycles. The number of aryl methyl sites for hydroxylation is 4. The Balaban J connectivity index is 1.51. The molecule has 2 aromatic carbocycles. The summed E-state index contributed by atoms with van der Waals surface area (Å²) in [7, 11) is -3.60. The molecule has 0 bridgehead atoms. The number of nitrogens with zero attached hydrogens (tertiary/aromatic N) is 4. The van der Waals surface area contributed by atoms with Crippen molar-refractivity contribution in [3.8, 4) is 5.69 Å². The third-order valence-corrected chi connectivity index (χ3v) is 7.47. The van der Waals surface area contributed by atoms with Gasteiger partial charge in [-0.3, -0.25) is 0 Å². The molecule has 4 aromatic rings. The highest BCUT2D eigenvalue weighted by Crippen LogP contribution is 2.24. The van der Waals surface area contributed by atoms with Crippen LogP contribution >= 0.6 is 0 Å². The molecule has 166 valence electrons. The third-order valence-electron chi connectivity index (χ3n) is 5.57. The van der Waals surface area contributed by atoms with E-state index in [-0.39, 0.29) is 6.04 Å². The Labute approximate surface area is 188 Å². The standard InChI is InChI=1S/C24H27N5O2S/c1-16-10-17(2)24(18(3)11-16)32(30,31)28-19(4)8-9-20-6-5-7-23-22(20)14-27-29(23)21-12-25-15-26-13-21/h5-7,10-15,19,28H,8-9H2,1-4H3/t19-/m0/s1. The summed E-state index contributed by atoms with van der Waals surface area (Å²) < 4.78 is 30.8. The number of aromatic nitrogens is 4. The lowest BCUT2D eigenvalue weighted by atomic mass is 10.0. The molecule has 32 heavy (non-hydrogen) atoms. The summed E-state index contributed by atoms with van der Waals surface area (Å²) in [6.45, 7) is 7.56. The average Bonchev–Trinajstić information content (AvgIpc) is 3.16. The molecule has 0 aliphatic rings. The lowest BCUT2D eigenvalue weighted by Crippen LogP contribution is -2.33. The maximum absolute atomic E-state index is 13.0. The van der Waals surface area contributed by atoms with Gasteiger partial charge >= 0.3 is 0 Å². The van der Waals surface area contributed by atoms with Gasteiger partial charge in [-0.15, -0.1) is 0 Å². The summed E-state index contributed by atoms with van der Waals surface area (Å²) in [5.74, 6) is 0. The Morgan fingerprint density at radius 2 is 1.72 bits per heavy atom. The molecule has 7 nitrogen and oxygen atoms in total. The molecule has 0 radical (unpaired) electrons. The molecule has 0 fully saturated rings. The van der Waals surface area contributed by atoms with Gasteiger partial charge in [0.25, 0.3) is 0 Å². The molecule has 8 heteroatoms. The van der Waals surface area contributed by atoms with E-state index >= 15 is 0 Å². The van der Waals surface area contributed by atoms with Gasteiger partial charge in [-0.1, -0.05) is 29.8 Å². The Hall–Kier alpha value is -3.10. The first-order valence-corrected chi connectivity index (χ1v) is 12.1. The lowest BCUT2D eigenvalue weighted by Gasteiger charge is -2.17. The summed E-state index contributed by atoms with van der Waals surface area (Å²) in [5, 5.41) is 5.54. The lowest BCUT2D eigenvalue weighted by molar-refractivity contribution is 0.546. The molecular formula is C24H27N5O2S. The van der Waals surface area contributed by atoms with Crippen LogP contribution in [0.5, 0.6) is 0 Å². The highest BCUT2D eigenvalue weighted by Gasteiger charge is 2.22. The van der Waals surface area contributed by atoms with Crippen LogP contribution in [0.25, 0.3) is 16.6 Å². The number of benzene rings is 2. The van der Waals surface area contributed by atoms with Crippen molar-refractivity contribution in [1.82, 2.24) is 24.5 Å². The predicted molar refractivity (Wildman–Crippen MR) is 125 cm³/mol. The molecule has 0 unspecified atom stereocenters. The summed E-state index contributed by atoms with van der Waals surface area (Å²) in [4.78, 5) is 8.51. The number of sulfonamides is 1. The van der Waals surface area contributed by atoms with Crippen molar-refractivity contribution in [3.05, 3.63) is 77.5 Å². The smallest absolute Gasteiger partial charge is 0.241 e. The monoisotopic (exact) mass is 449 g/mol. The molecule has 0 saturated heterocycles. The van der Waals surface area contributed by atoms with E-state index in [1.807, 2.05) is 62.8 Å². The maximum Gasteiger partial charge on any atom is 0.241 e. The van der Waals surface area contributed by atoms with Gasteiger partial charge in [-0.2, -0.15) is 5.10 Å². The van der Waals surface area contributed by atoms with Crippen LogP contribution in [0.2, 0.25) is 0 Å². The number of fused-ring (bicyclic) bond motifs is 1. The fourth-order valence-electron chi connectivity index (χ4n) is 4.28. The van der Waals surface area contributed by atoms with E-state index in [1.54, 1.807) is 12.4 Å². The topological polar surface area (TPSA) is 89.8 Å². The van der Waals surface area contributed by atoms with Crippen LogP contribution in [0.1, 0.15) is 35.6 Å². The van der Waals surface area contributed by atoms with E-state index in [2.05, 4.69) is 25.9 Å². The number of hydrogen-bond acceptors (Lipinski definition) is 5. The van der Waals surface area contributed by atoms with Crippen LogP contribution in [0.4, 0.5) is 0 Å². The third kappa shape index (κ3) is 4.42. The zero-order chi connectivity index (χ0) is 22.9. The summed E-state index contributed by atoms with van der Waals surface area (Å²) >= 11 is 0. The molecule has 0 spiro atoms. The van der Waals surface area contributed by atoms with Crippen molar-refractivity contribution in [2.45, 2.75) is 51.5 Å². The van der Waals surface area contributed by atoms with Crippen molar-refractivity contribution < 1.29 is 8.42 Å². The molecule has 1 atom stereocenters. The Morgan fingerprint density at radius 1 is 1.03 bits per heavy atom. The average molecular weight is 450 g/mol.